The second-order valence-corrected chi connectivity index (χ2v) is 8.09. The van der Waals surface area contributed by atoms with E-state index < -0.39 is 0 Å². The van der Waals surface area contributed by atoms with Crippen LogP contribution >= 0.6 is 12.2 Å². The number of thiocarbonyl (C=S) groups is 1. The van der Waals surface area contributed by atoms with Crippen molar-refractivity contribution in [1.82, 2.24) is 24.7 Å². The summed E-state index contributed by atoms with van der Waals surface area (Å²) in [6.07, 6.45) is 3.70. The lowest BCUT2D eigenvalue weighted by Crippen LogP contribution is -2.36. The maximum Gasteiger partial charge on any atom is 0.271 e. The molecule has 0 amide bonds. The molecule has 2 atom stereocenters. The number of benzene rings is 1. The molecule has 1 saturated heterocycles. The van der Waals surface area contributed by atoms with Crippen LogP contribution in [0.3, 0.4) is 0 Å². The summed E-state index contributed by atoms with van der Waals surface area (Å²) in [6, 6.07) is 16.2. The van der Waals surface area contributed by atoms with E-state index >= 15 is 0 Å². The maximum atomic E-state index is 11.3. The van der Waals surface area contributed by atoms with Crippen molar-refractivity contribution in [2.24, 2.45) is 0 Å². The predicted molar refractivity (Wildman–Crippen MR) is 123 cm³/mol. The van der Waals surface area contributed by atoms with Gasteiger partial charge in [-0.3, -0.25) is 15.1 Å². The standard InChI is InChI=1S/C22H24N6O2S/c1-25(2)13-14-27-21(20(24-22(27)31)18-9-3-4-11-23-18)19-10-6-12-26(19)16-7-5-8-17(15-16)28(29)30/h3-12,15,20-21H,13-14H2,1-2H3,(H,24,31)/t20-,21+/m0/s1. The summed E-state index contributed by atoms with van der Waals surface area (Å²) in [4.78, 5) is 19.8. The van der Waals surface area contributed by atoms with Gasteiger partial charge in [0.1, 0.15) is 0 Å². The molecule has 0 spiro atoms. The Morgan fingerprint density at radius 2 is 2.03 bits per heavy atom. The summed E-state index contributed by atoms with van der Waals surface area (Å²) in [6.45, 7) is 1.58. The van der Waals surface area contributed by atoms with E-state index in [0.29, 0.717) is 5.11 Å². The molecule has 1 N–H and O–H groups in total. The molecular weight excluding hydrogens is 412 g/mol. The van der Waals surface area contributed by atoms with E-state index in [-0.39, 0.29) is 22.7 Å². The Balaban J connectivity index is 1.79. The van der Waals surface area contributed by atoms with Gasteiger partial charge in [-0.05, 0) is 56.6 Å². The number of pyridine rings is 1. The number of nitrogens with zero attached hydrogens (tertiary/aromatic N) is 5. The average molecular weight is 437 g/mol. The SMILES string of the molecule is CN(C)CCN1C(=S)N[C@@H](c2ccccn2)[C@H]1c1cccn1-c1cccc([N+](=O)[O-])c1. The minimum atomic E-state index is -0.376. The molecular formula is C22H24N6O2S. The fourth-order valence-corrected chi connectivity index (χ4v) is 4.23. The van der Waals surface area contributed by atoms with Crippen LogP contribution in [0.15, 0.2) is 67.0 Å². The van der Waals surface area contributed by atoms with E-state index in [0.717, 1.165) is 30.2 Å². The van der Waals surface area contributed by atoms with Crippen molar-refractivity contribution >= 4 is 23.0 Å². The number of rotatable bonds is 7. The van der Waals surface area contributed by atoms with E-state index in [1.807, 2.05) is 61.3 Å². The second kappa shape index (κ2) is 8.83. The molecule has 2 aromatic heterocycles. The lowest BCUT2D eigenvalue weighted by atomic mass is 10.0. The van der Waals surface area contributed by atoms with Crippen molar-refractivity contribution in [2.75, 3.05) is 27.2 Å². The van der Waals surface area contributed by atoms with E-state index in [2.05, 4.69) is 20.1 Å². The van der Waals surface area contributed by atoms with Crippen LogP contribution in [0.1, 0.15) is 23.5 Å². The van der Waals surface area contributed by atoms with Gasteiger partial charge in [0.05, 0.1) is 28.4 Å². The molecule has 1 aliphatic heterocycles. The Bertz CT molecular complexity index is 1080. The van der Waals surface area contributed by atoms with Crippen molar-refractivity contribution in [3.63, 3.8) is 0 Å². The van der Waals surface area contributed by atoms with E-state index in [4.69, 9.17) is 12.2 Å². The highest BCUT2D eigenvalue weighted by Crippen LogP contribution is 2.39. The summed E-state index contributed by atoms with van der Waals surface area (Å²) >= 11 is 5.71. The molecule has 160 valence electrons. The molecule has 1 aromatic carbocycles. The number of likely N-dealkylation sites (N-methyl/N-ethyl adjacent to an activating group) is 1. The van der Waals surface area contributed by atoms with Crippen molar-refractivity contribution in [3.05, 3.63) is 88.5 Å². The number of hydrogen-bond donors (Lipinski definition) is 1. The minimum Gasteiger partial charge on any atom is -0.352 e. The molecule has 0 unspecified atom stereocenters. The first kappa shape index (κ1) is 21.0. The van der Waals surface area contributed by atoms with E-state index in [9.17, 15) is 10.1 Å². The molecule has 1 aliphatic rings. The quantitative estimate of drug-likeness (QED) is 0.346. The van der Waals surface area contributed by atoms with Crippen LogP contribution in [0.4, 0.5) is 5.69 Å². The van der Waals surface area contributed by atoms with Crippen LogP contribution in [0.25, 0.3) is 5.69 Å². The molecule has 0 bridgehead atoms. The van der Waals surface area contributed by atoms with Crippen molar-refractivity contribution in [1.29, 1.82) is 0 Å². The number of hydrogen-bond acceptors (Lipinski definition) is 5. The van der Waals surface area contributed by atoms with Gasteiger partial charge >= 0.3 is 0 Å². The third kappa shape index (κ3) is 4.28. The van der Waals surface area contributed by atoms with Crippen LogP contribution < -0.4 is 5.32 Å². The summed E-state index contributed by atoms with van der Waals surface area (Å²) in [7, 11) is 4.06. The molecule has 31 heavy (non-hydrogen) atoms. The highest BCUT2D eigenvalue weighted by atomic mass is 32.1. The van der Waals surface area contributed by atoms with Crippen LogP contribution in [0.5, 0.6) is 0 Å². The lowest BCUT2D eigenvalue weighted by molar-refractivity contribution is -0.384. The minimum absolute atomic E-state index is 0.0583. The Hall–Kier alpha value is -3.30. The van der Waals surface area contributed by atoms with E-state index in [1.165, 1.54) is 6.07 Å². The van der Waals surface area contributed by atoms with Crippen molar-refractivity contribution in [3.8, 4) is 5.69 Å². The molecule has 1 fully saturated rings. The van der Waals surface area contributed by atoms with Gasteiger partial charge in [-0.25, -0.2) is 0 Å². The third-order valence-electron chi connectivity index (χ3n) is 5.39. The monoisotopic (exact) mass is 436 g/mol. The summed E-state index contributed by atoms with van der Waals surface area (Å²) in [5.41, 5.74) is 2.68. The summed E-state index contributed by atoms with van der Waals surface area (Å²) in [5, 5.41) is 15.4. The van der Waals surface area contributed by atoms with E-state index in [1.54, 1.807) is 18.3 Å². The first-order valence-electron chi connectivity index (χ1n) is 10.0. The first-order valence-corrected chi connectivity index (χ1v) is 10.4. The fourth-order valence-electron chi connectivity index (χ4n) is 3.90. The number of aromatic nitrogens is 2. The molecule has 3 aromatic rings. The zero-order valence-electron chi connectivity index (χ0n) is 17.4. The van der Waals surface area contributed by atoms with Crippen LogP contribution in [-0.2, 0) is 0 Å². The zero-order chi connectivity index (χ0) is 22.0. The molecule has 4 rings (SSSR count). The summed E-state index contributed by atoms with van der Waals surface area (Å²) in [5.74, 6) is 0. The van der Waals surface area contributed by atoms with Gasteiger partial charge in [0.2, 0.25) is 0 Å². The molecule has 0 saturated carbocycles. The molecule has 8 nitrogen and oxygen atoms in total. The highest BCUT2D eigenvalue weighted by molar-refractivity contribution is 7.80. The maximum absolute atomic E-state index is 11.3. The smallest absolute Gasteiger partial charge is 0.271 e. The van der Waals surface area contributed by atoms with Crippen LogP contribution in [0.2, 0.25) is 0 Å². The number of nitro groups is 1. The second-order valence-electron chi connectivity index (χ2n) is 7.70. The average Bonchev–Trinajstić information content (AvgIpc) is 3.37. The molecule has 9 heteroatoms. The van der Waals surface area contributed by atoms with Crippen molar-refractivity contribution < 1.29 is 4.92 Å². The normalized spacial score (nSPS) is 18.4. The fraction of sp³-hybridized carbons (Fsp3) is 0.273. The van der Waals surface area contributed by atoms with Crippen molar-refractivity contribution in [2.45, 2.75) is 12.1 Å². The summed E-state index contributed by atoms with van der Waals surface area (Å²) < 4.78 is 1.99. The highest BCUT2D eigenvalue weighted by Gasteiger charge is 2.41. The van der Waals surface area contributed by atoms with Gasteiger partial charge < -0.3 is 19.7 Å². The Morgan fingerprint density at radius 3 is 2.74 bits per heavy atom. The Labute approximate surface area is 186 Å². The van der Waals surface area contributed by atoms with Gasteiger partial charge in [0.25, 0.3) is 5.69 Å². The van der Waals surface area contributed by atoms with Gasteiger partial charge in [-0.15, -0.1) is 0 Å². The molecule has 0 radical (unpaired) electrons. The zero-order valence-corrected chi connectivity index (χ0v) is 18.2. The topological polar surface area (TPSA) is 79.5 Å². The first-order chi connectivity index (χ1) is 15.0. The molecule has 0 aliphatic carbocycles. The Kier molecular flexibility index (Phi) is 5.97. The van der Waals surface area contributed by atoms with Crippen LogP contribution in [0, 0.1) is 10.1 Å². The lowest BCUT2D eigenvalue weighted by Gasteiger charge is -2.29. The van der Waals surface area contributed by atoms with Crippen LogP contribution in [-0.4, -0.2) is 56.6 Å². The van der Waals surface area contributed by atoms with Gasteiger partial charge in [0.15, 0.2) is 5.11 Å². The number of nitrogens with one attached hydrogen (secondary N) is 1. The number of nitro benzene ring substituents is 1. The third-order valence-corrected chi connectivity index (χ3v) is 5.74. The molecule has 3 heterocycles. The largest absolute Gasteiger partial charge is 0.352 e. The van der Waals surface area contributed by atoms with Gasteiger partial charge in [0, 0.05) is 43.3 Å². The van der Waals surface area contributed by atoms with Gasteiger partial charge in [-0.1, -0.05) is 12.1 Å². The number of non-ortho nitro benzene ring substituents is 1. The Morgan fingerprint density at radius 1 is 1.19 bits per heavy atom. The van der Waals surface area contributed by atoms with Gasteiger partial charge in [-0.2, -0.15) is 0 Å². The predicted octanol–water partition coefficient (Wildman–Crippen LogP) is 3.31.